The van der Waals surface area contributed by atoms with Crippen molar-refractivity contribution in [1.82, 2.24) is 15.5 Å². The normalized spacial score (nSPS) is 26.4. The van der Waals surface area contributed by atoms with Crippen LogP contribution in [0.3, 0.4) is 0 Å². The molecule has 2 aliphatic rings. The van der Waals surface area contributed by atoms with Crippen LogP contribution in [-0.2, 0) is 6.54 Å². The Hall–Kier alpha value is -1.02. The number of guanidine groups is 1. The average Bonchev–Trinajstić information content (AvgIpc) is 3.10. The van der Waals surface area contributed by atoms with E-state index in [9.17, 15) is 9.50 Å². The summed E-state index contributed by atoms with van der Waals surface area (Å²) < 4.78 is 13.3. The van der Waals surface area contributed by atoms with Crippen molar-refractivity contribution in [1.29, 1.82) is 0 Å². The Bertz CT molecular complexity index is 684. The first kappa shape index (κ1) is 21.7. The molecule has 3 N–H and O–H groups in total. The third kappa shape index (κ3) is 6.24. The fraction of sp³-hybridized carbons (Fsp3) is 0.650. The van der Waals surface area contributed by atoms with Gasteiger partial charge in [-0.15, -0.1) is 0 Å². The second kappa shape index (κ2) is 10.1. The first-order chi connectivity index (χ1) is 13.5. The Balaban J connectivity index is 1.57. The topological polar surface area (TPSA) is 59.9 Å². The van der Waals surface area contributed by atoms with E-state index in [1.165, 1.54) is 12.1 Å². The number of aliphatic hydroxyl groups is 1. The van der Waals surface area contributed by atoms with E-state index in [-0.39, 0.29) is 11.9 Å². The molecule has 2 aliphatic heterocycles. The molecule has 28 heavy (non-hydrogen) atoms. The van der Waals surface area contributed by atoms with Gasteiger partial charge in [0.05, 0.1) is 12.1 Å². The maximum absolute atomic E-state index is 13.3. The maximum atomic E-state index is 13.3. The highest BCUT2D eigenvalue weighted by atomic mass is 35.5. The van der Waals surface area contributed by atoms with Gasteiger partial charge >= 0.3 is 0 Å². The van der Waals surface area contributed by atoms with Gasteiger partial charge in [0.15, 0.2) is 5.96 Å². The van der Waals surface area contributed by atoms with Crippen molar-refractivity contribution in [2.75, 3.05) is 37.7 Å². The zero-order valence-corrected chi connectivity index (χ0v) is 18.0. The van der Waals surface area contributed by atoms with Gasteiger partial charge in [0.25, 0.3) is 0 Å². The minimum Gasteiger partial charge on any atom is -0.387 e. The molecule has 0 saturated carbocycles. The molecule has 0 bridgehead atoms. The molecule has 0 amide bonds. The van der Waals surface area contributed by atoms with Gasteiger partial charge < -0.3 is 15.7 Å². The number of hydrogen-bond acceptors (Lipinski definition) is 4. The minimum absolute atomic E-state index is 0.276. The Morgan fingerprint density at radius 3 is 3.07 bits per heavy atom. The highest BCUT2D eigenvalue weighted by Gasteiger charge is 2.31. The van der Waals surface area contributed by atoms with Crippen LogP contribution in [0.25, 0.3) is 0 Å². The Kier molecular flexibility index (Phi) is 7.85. The van der Waals surface area contributed by atoms with Crippen LogP contribution in [0, 0.1) is 5.82 Å². The summed E-state index contributed by atoms with van der Waals surface area (Å²) in [6, 6.07) is 4.88. The fourth-order valence-corrected chi connectivity index (χ4v) is 5.18. The second-order valence-corrected chi connectivity index (χ2v) is 9.19. The molecule has 3 rings (SSSR count). The summed E-state index contributed by atoms with van der Waals surface area (Å²) in [6.45, 7) is 5.83. The van der Waals surface area contributed by atoms with Gasteiger partial charge in [-0.3, -0.25) is 9.89 Å². The standard InChI is InChI=1S/C20H30ClFN4OS/c1-2-23-19(24-13-20(27)7-9-28-14-20)25-17-4-3-8-26(12-17)11-15-5-6-16(22)10-18(15)21/h5-6,10,17,27H,2-4,7-9,11-14H2,1H3,(H2,23,24,25). The summed E-state index contributed by atoms with van der Waals surface area (Å²) in [6.07, 6.45) is 2.95. The number of rotatable bonds is 6. The van der Waals surface area contributed by atoms with Crippen molar-refractivity contribution < 1.29 is 9.50 Å². The molecule has 2 unspecified atom stereocenters. The molecule has 0 radical (unpaired) electrons. The molecule has 2 atom stereocenters. The highest BCUT2D eigenvalue weighted by molar-refractivity contribution is 7.99. The molecular formula is C20H30ClFN4OS. The first-order valence-electron chi connectivity index (χ1n) is 9.99. The number of aliphatic imine (C=N–C) groups is 1. The number of halogens is 2. The SMILES string of the molecule is CCNC(=NCC1(O)CCSC1)NC1CCCN(Cc2ccc(F)cc2Cl)C1. The van der Waals surface area contributed by atoms with Crippen molar-refractivity contribution in [3.05, 3.63) is 34.6 Å². The molecule has 0 aromatic heterocycles. The van der Waals surface area contributed by atoms with E-state index >= 15 is 0 Å². The molecule has 0 spiro atoms. The third-order valence-electron chi connectivity index (χ3n) is 5.21. The molecule has 0 aliphatic carbocycles. The summed E-state index contributed by atoms with van der Waals surface area (Å²) in [5.41, 5.74) is 0.274. The third-order valence-corrected chi connectivity index (χ3v) is 6.80. The van der Waals surface area contributed by atoms with E-state index < -0.39 is 5.60 Å². The van der Waals surface area contributed by atoms with Crippen molar-refractivity contribution in [3.63, 3.8) is 0 Å². The van der Waals surface area contributed by atoms with Crippen LogP contribution in [-0.4, -0.2) is 65.3 Å². The van der Waals surface area contributed by atoms with Gasteiger partial charge in [-0.25, -0.2) is 4.39 Å². The van der Waals surface area contributed by atoms with E-state index in [2.05, 4.69) is 20.5 Å². The molecule has 8 heteroatoms. The van der Waals surface area contributed by atoms with Crippen LogP contribution >= 0.6 is 23.4 Å². The Morgan fingerprint density at radius 1 is 1.50 bits per heavy atom. The molecule has 2 fully saturated rings. The van der Waals surface area contributed by atoms with Crippen LogP contribution in [0.2, 0.25) is 5.02 Å². The summed E-state index contributed by atoms with van der Waals surface area (Å²) >= 11 is 7.97. The van der Waals surface area contributed by atoms with E-state index in [0.717, 1.165) is 61.9 Å². The lowest BCUT2D eigenvalue weighted by atomic mass is 10.0. The van der Waals surface area contributed by atoms with Crippen molar-refractivity contribution >= 4 is 29.3 Å². The van der Waals surface area contributed by atoms with Gasteiger partial charge in [0, 0.05) is 36.5 Å². The van der Waals surface area contributed by atoms with Crippen molar-refractivity contribution in [2.24, 2.45) is 4.99 Å². The number of benzene rings is 1. The summed E-state index contributed by atoms with van der Waals surface area (Å²) in [7, 11) is 0. The van der Waals surface area contributed by atoms with E-state index in [1.54, 1.807) is 17.8 Å². The Morgan fingerprint density at radius 2 is 2.36 bits per heavy atom. The molecule has 2 saturated heterocycles. The van der Waals surface area contributed by atoms with Crippen LogP contribution in [0.1, 0.15) is 31.7 Å². The smallest absolute Gasteiger partial charge is 0.191 e. The molecule has 1 aromatic carbocycles. The number of thioether (sulfide) groups is 1. The van der Waals surface area contributed by atoms with E-state index in [0.29, 0.717) is 18.1 Å². The van der Waals surface area contributed by atoms with Gasteiger partial charge in [-0.2, -0.15) is 11.8 Å². The average molecular weight is 429 g/mol. The summed E-state index contributed by atoms with van der Waals surface area (Å²) in [5, 5.41) is 17.8. The molecule has 5 nitrogen and oxygen atoms in total. The summed E-state index contributed by atoms with van der Waals surface area (Å²) in [5.74, 6) is 2.21. The van der Waals surface area contributed by atoms with Gasteiger partial charge in [-0.05, 0) is 56.2 Å². The monoisotopic (exact) mass is 428 g/mol. The number of piperidine rings is 1. The lowest BCUT2D eigenvalue weighted by molar-refractivity contribution is 0.0778. The predicted octanol–water partition coefficient (Wildman–Crippen LogP) is 2.87. The lowest BCUT2D eigenvalue weighted by Gasteiger charge is -2.34. The van der Waals surface area contributed by atoms with Gasteiger partial charge in [0.2, 0.25) is 0 Å². The van der Waals surface area contributed by atoms with Gasteiger partial charge in [0.1, 0.15) is 5.82 Å². The van der Waals surface area contributed by atoms with Crippen molar-refractivity contribution in [3.8, 4) is 0 Å². The molecular weight excluding hydrogens is 399 g/mol. The zero-order valence-electron chi connectivity index (χ0n) is 16.4. The minimum atomic E-state index is -0.676. The molecule has 2 heterocycles. The number of nitrogens with zero attached hydrogens (tertiary/aromatic N) is 2. The second-order valence-electron chi connectivity index (χ2n) is 7.68. The summed E-state index contributed by atoms with van der Waals surface area (Å²) in [4.78, 5) is 6.98. The van der Waals surface area contributed by atoms with Crippen LogP contribution in [0.4, 0.5) is 4.39 Å². The lowest BCUT2D eigenvalue weighted by Crippen LogP contribution is -2.51. The van der Waals surface area contributed by atoms with Crippen LogP contribution in [0.5, 0.6) is 0 Å². The van der Waals surface area contributed by atoms with E-state index in [1.807, 2.05) is 6.92 Å². The van der Waals surface area contributed by atoms with Crippen LogP contribution < -0.4 is 10.6 Å². The highest BCUT2D eigenvalue weighted by Crippen LogP contribution is 2.28. The Labute approximate surface area is 176 Å². The number of nitrogens with one attached hydrogen (secondary N) is 2. The fourth-order valence-electron chi connectivity index (χ4n) is 3.67. The molecule has 156 valence electrons. The number of hydrogen-bond donors (Lipinski definition) is 3. The maximum Gasteiger partial charge on any atom is 0.191 e. The van der Waals surface area contributed by atoms with Crippen molar-refractivity contribution in [2.45, 2.75) is 44.4 Å². The first-order valence-corrected chi connectivity index (χ1v) is 11.5. The van der Waals surface area contributed by atoms with Crippen LogP contribution in [0.15, 0.2) is 23.2 Å². The zero-order chi connectivity index (χ0) is 20.0. The van der Waals surface area contributed by atoms with Gasteiger partial charge in [-0.1, -0.05) is 17.7 Å². The largest absolute Gasteiger partial charge is 0.387 e. The predicted molar refractivity (Wildman–Crippen MR) is 116 cm³/mol. The van der Waals surface area contributed by atoms with E-state index in [4.69, 9.17) is 11.6 Å². The molecule has 1 aromatic rings. The quantitative estimate of drug-likeness (QED) is 0.480. The number of likely N-dealkylation sites (tertiary alicyclic amines) is 1.